The summed E-state index contributed by atoms with van der Waals surface area (Å²) < 4.78 is 0. The van der Waals surface area contributed by atoms with Crippen molar-refractivity contribution in [3.8, 4) is 11.3 Å². The lowest BCUT2D eigenvalue weighted by Gasteiger charge is -2.10. The summed E-state index contributed by atoms with van der Waals surface area (Å²) in [6, 6.07) is 10.4. The van der Waals surface area contributed by atoms with Crippen LogP contribution >= 0.6 is 0 Å². The van der Waals surface area contributed by atoms with E-state index in [0.29, 0.717) is 5.92 Å². The number of benzene rings is 1. The van der Waals surface area contributed by atoms with Gasteiger partial charge in [-0.25, -0.2) is 9.97 Å². The van der Waals surface area contributed by atoms with Crippen molar-refractivity contribution in [3.05, 3.63) is 41.7 Å². The van der Waals surface area contributed by atoms with E-state index in [0.717, 1.165) is 22.9 Å². The van der Waals surface area contributed by atoms with E-state index in [1.165, 1.54) is 5.56 Å². The molecular weight excluding hydrogens is 222 g/mol. The normalized spacial score (nSPS) is 10.7. The molecule has 3 heteroatoms. The molecule has 0 unspecified atom stereocenters. The SMILES string of the molecule is CNc1cc(-c2ccc(C)cc2)nc(C(C)C)n1. The number of rotatable bonds is 3. The van der Waals surface area contributed by atoms with Crippen LogP contribution in [0.15, 0.2) is 30.3 Å². The lowest BCUT2D eigenvalue weighted by Crippen LogP contribution is -2.03. The third-order valence-corrected chi connectivity index (χ3v) is 2.86. The molecule has 1 aromatic heterocycles. The van der Waals surface area contributed by atoms with Gasteiger partial charge in [-0.1, -0.05) is 43.7 Å². The molecular formula is C15H19N3. The van der Waals surface area contributed by atoms with Gasteiger partial charge in [0.15, 0.2) is 0 Å². The van der Waals surface area contributed by atoms with Crippen LogP contribution in [0.4, 0.5) is 5.82 Å². The highest BCUT2D eigenvalue weighted by molar-refractivity contribution is 5.62. The van der Waals surface area contributed by atoms with Gasteiger partial charge in [-0.2, -0.15) is 0 Å². The predicted octanol–water partition coefficient (Wildman–Crippen LogP) is 3.62. The first-order chi connectivity index (χ1) is 8.60. The first kappa shape index (κ1) is 12.6. The molecule has 0 bridgehead atoms. The van der Waals surface area contributed by atoms with E-state index in [2.05, 4.69) is 60.3 Å². The fourth-order valence-corrected chi connectivity index (χ4v) is 1.72. The van der Waals surface area contributed by atoms with Crippen molar-refractivity contribution in [2.24, 2.45) is 0 Å². The van der Waals surface area contributed by atoms with Crippen LogP contribution < -0.4 is 5.32 Å². The van der Waals surface area contributed by atoms with Gasteiger partial charge in [0.2, 0.25) is 0 Å². The van der Waals surface area contributed by atoms with Gasteiger partial charge in [0.25, 0.3) is 0 Å². The Balaban J connectivity index is 2.49. The van der Waals surface area contributed by atoms with Gasteiger partial charge < -0.3 is 5.32 Å². The standard InChI is InChI=1S/C15H19N3/c1-10(2)15-17-13(9-14(16-4)18-15)12-7-5-11(3)6-8-12/h5-10H,1-4H3,(H,16,17,18). The van der Waals surface area contributed by atoms with Crippen LogP contribution in [0.25, 0.3) is 11.3 Å². The molecule has 3 nitrogen and oxygen atoms in total. The van der Waals surface area contributed by atoms with Gasteiger partial charge in [-0.3, -0.25) is 0 Å². The number of hydrogen-bond acceptors (Lipinski definition) is 3. The molecule has 0 atom stereocenters. The van der Waals surface area contributed by atoms with E-state index < -0.39 is 0 Å². The number of aromatic nitrogens is 2. The molecule has 0 radical (unpaired) electrons. The van der Waals surface area contributed by atoms with E-state index in [1.807, 2.05) is 13.1 Å². The van der Waals surface area contributed by atoms with Crippen molar-refractivity contribution < 1.29 is 0 Å². The number of hydrogen-bond donors (Lipinski definition) is 1. The van der Waals surface area contributed by atoms with Crippen LogP contribution in [0.3, 0.4) is 0 Å². The molecule has 1 N–H and O–H groups in total. The highest BCUT2D eigenvalue weighted by Crippen LogP contribution is 2.22. The van der Waals surface area contributed by atoms with Crippen molar-refractivity contribution in [2.45, 2.75) is 26.7 Å². The number of nitrogens with one attached hydrogen (secondary N) is 1. The summed E-state index contributed by atoms with van der Waals surface area (Å²) in [6.07, 6.45) is 0. The van der Waals surface area contributed by atoms with Crippen molar-refractivity contribution >= 4 is 5.82 Å². The zero-order valence-corrected chi connectivity index (χ0v) is 11.4. The molecule has 0 aliphatic carbocycles. The van der Waals surface area contributed by atoms with Crippen LogP contribution in [0, 0.1) is 6.92 Å². The topological polar surface area (TPSA) is 37.8 Å². The van der Waals surface area contributed by atoms with Crippen LogP contribution in [-0.4, -0.2) is 17.0 Å². The quantitative estimate of drug-likeness (QED) is 0.892. The second kappa shape index (κ2) is 5.17. The van der Waals surface area contributed by atoms with Crippen molar-refractivity contribution in [1.29, 1.82) is 0 Å². The van der Waals surface area contributed by atoms with Crippen LogP contribution in [0.2, 0.25) is 0 Å². The van der Waals surface area contributed by atoms with Crippen LogP contribution in [-0.2, 0) is 0 Å². The van der Waals surface area contributed by atoms with E-state index in [-0.39, 0.29) is 0 Å². The summed E-state index contributed by atoms with van der Waals surface area (Å²) in [4.78, 5) is 9.10. The van der Waals surface area contributed by atoms with Gasteiger partial charge in [-0.05, 0) is 6.92 Å². The Bertz CT molecular complexity index is 530. The molecule has 0 fully saturated rings. The van der Waals surface area contributed by atoms with Gasteiger partial charge in [0.1, 0.15) is 11.6 Å². The largest absolute Gasteiger partial charge is 0.373 e. The molecule has 0 spiro atoms. The molecule has 0 saturated heterocycles. The molecule has 1 heterocycles. The Morgan fingerprint density at radius 1 is 1.06 bits per heavy atom. The summed E-state index contributed by atoms with van der Waals surface area (Å²) in [6.45, 7) is 6.30. The Hall–Kier alpha value is -1.90. The maximum Gasteiger partial charge on any atom is 0.133 e. The second-order valence-electron chi connectivity index (χ2n) is 4.77. The summed E-state index contributed by atoms with van der Waals surface area (Å²) in [5.41, 5.74) is 3.35. The lowest BCUT2D eigenvalue weighted by atomic mass is 10.1. The monoisotopic (exact) mass is 241 g/mol. The third-order valence-electron chi connectivity index (χ3n) is 2.86. The molecule has 18 heavy (non-hydrogen) atoms. The Labute approximate surface area is 108 Å². The fraction of sp³-hybridized carbons (Fsp3) is 0.333. The Morgan fingerprint density at radius 3 is 2.28 bits per heavy atom. The predicted molar refractivity (Wildman–Crippen MR) is 75.8 cm³/mol. The second-order valence-corrected chi connectivity index (χ2v) is 4.77. The molecule has 2 rings (SSSR count). The summed E-state index contributed by atoms with van der Waals surface area (Å²) in [7, 11) is 1.88. The number of nitrogens with zero attached hydrogens (tertiary/aromatic N) is 2. The van der Waals surface area contributed by atoms with Crippen LogP contribution in [0.1, 0.15) is 31.2 Å². The van der Waals surface area contributed by atoms with Crippen LogP contribution in [0.5, 0.6) is 0 Å². The minimum absolute atomic E-state index is 0.322. The first-order valence-electron chi connectivity index (χ1n) is 6.24. The summed E-state index contributed by atoms with van der Waals surface area (Å²) in [5, 5.41) is 3.09. The molecule has 0 amide bonds. The number of aryl methyl sites for hydroxylation is 1. The number of anilines is 1. The van der Waals surface area contributed by atoms with Gasteiger partial charge in [-0.15, -0.1) is 0 Å². The molecule has 2 aromatic rings. The third kappa shape index (κ3) is 2.67. The minimum atomic E-state index is 0.322. The van der Waals surface area contributed by atoms with Crippen molar-refractivity contribution in [3.63, 3.8) is 0 Å². The molecule has 0 aliphatic heterocycles. The summed E-state index contributed by atoms with van der Waals surface area (Å²) >= 11 is 0. The molecule has 0 saturated carbocycles. The zero-order valence-electron chi connectivity index (χ0n) is 11.4. The van der Waals surface area contributed by atoms with E-state index in [4.69, 9.17) is 0 Å². The van der Waals surface area contributed by atoms with Crippen molar-refractivity contribution in [2.75, 3.05) is 12.4 Å². The lowest BCUT2D eigenvalue weighted by molar-refractivity contribution is 0.777. The maximum absolute atomic E-state index is 4.63. The zero-order chi connectivity index (χ0) is 13.1. The average molecular weight is 241 g/mol. The van der Waals surface area contributed by atoms with Gasteiger partial charge in [0.05, 0.1) is 5.69 Å². The van der Waals surface area contributed by atoms with E-state index >= 15 is 0 Å². The summed E-state index contributed by atoms with van der Waals surface area (Å²) in [5.74, 6) is 2.06. The molecule has 94 valence electrons. The highest BCUT2D eigenvalue weighted by atomic mass is 15.0. The first-order valence-corrected chi connectivity index (χ1v) is 6.24. The minimum Gasteiger partial charge on any atom is -0.373 e. The highest BCUT2D eigenvalue weighted by Gasteiger charge is 2.08. The van der Waals surface area contributed by atoms with Gasteiger partial charge >= 0.3 is 0 Å². The smallest absolute Gasteiger partial charge is 0.133 e. The Kier molecular flexibility index (Phi) is 3.60. The van der Waals surface area contributed by atoms with E-state index in [9.17, 15) is 0 Å². The maximum atomic E-state index is 4.63. The fourth-order valence-electron chi connectivity index (χ4n) is 1.72. The molecule has 0 aliphatic rings. The average Bonchev–Trinajstić information content (AvgIpc) is 2.39. The van der Waals surface area contributed by atoms with Crippen molar-refractivity contribution in [1.82, 2.24) is 9.97 Å². The van der Waals surface area contributed by atoms with Gasteiger partial charge in [0, 0.05) is 24.6 Å². The molecule has 1 aromatic carbocycles. The van der Waals surface area contributed by atoms with E-state index in [1.54, 1.807) is 0 Å². The Morgan fingerprint density at radius 2 is 1.72 bits per heavy atom.